The van der Waals surface area contributed by atoms with Gasteiger partial charge >= 0.3 is 0 Å². The van der Waals surface area contributed by atoms with Gasteiger partial charge in [0, 0.05) is 11.3 Å². The number of rotatable bonds is 2. The quantitative estimate of drug-likeness (QED) is 0.853. The monoisotopic (exact) mass is 271 g/mol. The summed E-state index contributed by atoms with van der Waals surface area (Å²) in [4.78, 5) is 0. The van der Waals surface area contributed by atoms with Crippen LogP contribution in [0.3, 0.4) is 0 Å². The van der Waals surface area contributed by atoms with E-state index in [0.29, 0.717) is 6.04 Å². The van der Waals surface area contributed by atoms with Gasteiger partial charge in [0.15, 0.2) is 5.82 Å². The predicted molar refractivity (Wildman–Crippen MR) is 79.0 cm³/mol. The smallest absolute Gasteiger partial charge is 0.182 e. The molecule has 0 atom stereocenters. The number of tetrazole rings is 1. The Kier molecular flexibility index (Phi) is 2.49. The lowest BCUT2D eigenvalue weighted by Gasteiger charge is -2.09. The second-order valence-electron chi connectivity index (χ2n) is 6.87. The lowest BCUT2D eigenvalue weighted by atomic mass is 10.0. The van der Waals surface area contributed by atoms with E-state index in [9.17, 15) is 0 Å². The summed E-state index contributed by atoms with van der Waals surface area (Å²) in [5.74, 6) is 0.804. The number of nitrogens with two attached hydrogens (primary N) is 1. The molecule has 0 spiro atoms. The minimum absolute atomic E-state index is 0.186. The molecule has 0 radical (unpaired) electrons. The number of benzene rings is 1. The Morgan fingerprint density at radius 1 is 1.15 bits per heavy atom. The van der Waals surface area contributed by atoms with E-state index in [1.165, 1.54) is 0 Å². The highest BCUT2D eigenvalue weighted by molar-refractivity contribution is 5.65. The molecule has 2 N–H and O–H groups in total. The molecule has 1 aromatic carbocycles. The van der Waals surface area contributed by atoms with Crippen LogP contribution in [0.5, 0.6) is 0 Å². The fourth-order valence-corrected chi connectivity index (χ4v) is 3.20. The van der Waals surface area contributed by atoms with Crippen LogP contribution in [0.1, 0.15) is 39.3 Å². The molecule has 5 heteroatoms. The Bertz CT molecular complexity index is 655. The molecule has 1 heterocycles. The van der Waals surface area contributed by atoms with Crippen molar-refractivity contribution in [1.29, 1.82) is 0 Å². The maximum Gasteiger partial charge on any atom is 0.182 e. The largest absolute Gasteiger partial charge is 0.399 e. The van der Waals surface area contributed by atoms with Gasteiger partial charge in [-0.3, -0.25) is 0 Å². The van der Waals surface area contributed by atoms with E-state index in [1.54, 1.807) is 0 Å². The Hall–Kier alpha value is -1.91. The molecule has 5 nitrogen and oxygen atoms in total. The van der Waals surface area contributed by atoms with Gasteiger partial charge < -0.3 is 5.73 Å². The lowest BCUT2D eigenvalue weighted by Crippen LogP contribution is -2.06. The van der Waals surface area contributed by atoms with E-state index in [4.69, 9.17) is 5.73 Å². The average Bonchev–Trinajstić information content (AvgIpc) is 2.70. The van der Waals surface area contributed by atoms with Gasteiger partial charge in [0.2, 0.25) is 0 Å². The molecule has 0 bridgehead atoms. The second kappa shape index (κ2) is 3.81. The van der Waals surface area contributed by atoms with Gasteiger partial charge in [-0.2, -0.15) is 0 Å². The SMILES string of the molecule is Cc1ccc(N)cc1-c1nnnn1C1C(C)(C)C1(C)C. The van der Waals surface area contributed by atoms with Crippen LogP contribution in [0.2, 0.25) is 0 Å². The molecule has 106 valence electrons. The predicted octanol–water partition coefficient (Wildman–Crippen LogP) is 2.84. The van der Waals surface area contributed by atoms with Gasteiger partial charge in [-0.05, 0) is 45.9 Å². The summed E-state index contributed by atoms with van der Waals surface area (Å²) in [5.41, 5.74) is 9.15. The van der Waals surface area contributed by atoms with E-state index < -0.39 is 0 Å². The Morgan fingerprint density at radius 2 is 1.80 bits per heavy atom. The molecule has 1 aromatic heterocycles. The van der Waals surface area contributed by atoms with Crippen molar-refractivity contribution >= 4 is 5.69 Å². The first kappa shape index (κ1) is 13.1. The zero-order valence-electron chi connectivity index (χ0n) is 12.7. The van der Waals surface area contributed by atoms with Crippen LogP contribution in [0.25, 0.3) is 11.4 Å². The van der Waals surface area contributed by atoms with Gasteiger partial charge in [-0.25, -0.2) is 4.68 Å². The van der Waals surface area contributed by atoms with E-state index in [-0.39, 0.29) is 10.8 Å². The number of nitrogen functional groups attached to an aromatic ring is 1. The first-order valence-corrected chi connectivity index (χ1v) is 6.91. The van der Waals surface area contributed by atoms with Crippen LogP contribution in [0.15, 0.2) is 18.2 Å². The standard InChI is InChI=1S/C15H21N5/c1-9-6-7-10(16)8-11(9)12-17-18-19-20(12)13-14(2,3)15(13,4)5/h6-8,13H,16H2,1-5H3. The van der Waals surface area contributed by atoms with E-state index >= 15 is 0 Å². The van der Waals surface area contributed by atoms with Crippen molar-refractivity contribution in [2.24, 2.45) is 10.8 Å². The van der Waals surface area contributed by atoms with E-state index in [0.717, 1.165) is 22.6 Å². The summed E-state index contributed by atoms with van der Waals surface area (Å²) in [7, 11) is 0. The lowest BCUT2D eigenvalue weighted by molar-refractivity contribution is 0.457. The maximum atomic E-state index is 5.90. The van der Waals surface area contributed by atoms with Crippen molar-refractivity contribution in [2.45, 2.75) is 40.7 Å². The summed E-state index contributed by atoms with van der Waals surface area (Å²) >= 11 is 0. The highest BCUT2D eigenvalue weighted by Gasteiger charge is 2.67. The molecule has 2 aromatic rings. The van der Waals surface area contributed by atoms with Crippen molar-refractivity contribution in [3.05, 3.63) is 23.8 Å². The number of hydrogen-bond donors (Lipinski definition) is 1. The van der Waals surface area contributed by atoms with Crippen molar-refractivity contribution < 1.29 is 0 Å². The molecule has 3 rings (SSSR count). The molecule has 0 unspecified atom stereocenters. The fourth-order valence-electron chi connectivity index (χ4n) is 3.20. The molecular formula is C15H21N5. The Morgan fingerprint density at radius 3 is 2.40 bits per heavy atom. The van der Waals surface area contributed by atoms with Gasteiger partial charge in [0.05, 0.1) is 6.04 Å². The summed E-state index contributed by atoms with van der Waals surface area (Å²) in [6.45, 7) is 11.1. The topological polar surface area (TPSA) is 69.6 Å². The zero-order valence-corrected chi connectivity index (χ0v) is 12.7. The van der Waals surface area contributed by atoms with E-state index in [2.05, 4.69) is 50.1 Å². The van der Waals surface area contributed by atoms with Crippen molar-refractivity contribution in [3.63, 3.8) is 0 Å². The number of hydrogen-bond acceptors (Lipinski definition) is 4. The average molecular weight is 271 g/mol. The third kappa shape index (κ3) is 1.58. The number of aromatic nitrogens is 4. The Balaban J connectivity index is 2.11. The van der Waals surface area contributed by atoms with Crippen LogP contribution in [0.4, 0.5) is 5.69 Å². The Labute approximate surface area is 119 Å². The van der Waals surface area contributed by atoms with Crippen LogP contribution in [-0.4, -0.2) is 20.2 Å². The van der Waals surface area contributed by atoms with Crippen molar-refractivity contribution in [2.75, 3.05) is 5.73 Å². The molecule has 20 heavy (non-hydrogen) atoms. The van der Waals surface area contributed by atoms with Crippen LogP contribution in [-0.2, 0) is 0 Å². The van der Waals surface area contributed by atoms with Crippen LogP contribution >= 0.6 is 0 Å². The third-order valence-electron chi connectivity index (χ3n) is 5.18. The first-order valence-electron chi connectivity index (χ1n) is 6.91. The highest BCUT2D eigenvalue weighted by Crippen LogP contribution is 2.71. The molecule has 1 saturated carbocycles. The van der Waals surface area contributed by atoms with Crippen molar-refractivity contribution in [3.8, 4) is 11.4 Å². The highest BCUT2D eigenvalue weighted by atomic mass is 15.6. The first-order chi connectivity index (χ1) is 9.26. The normalized spacial score (nSPS) is 20.1. The van der Waals surface area contributed by atoms with Crippen LogP contribution < -0.4 is 5.73 Å². The molecular weight excluding hydrogens is 250 g/mol. The second-order valence-corrected chi connectivity index (χ2v) is 6.87. The molecule has 1 fully saturated rings. The van der Waals surface area contributed by atoms with E-state index in [1.807, 2.05) is 22.9 Å². The number of aryl methyl sites for hydroxylation is 1. The van der Waals surface area contributed by atoms with Gasteiger partial charge in [0.25, 0.3) is 0 Å². The number of nitrogens with zero attached hydrogens (tertiary/aromatic N) is 4. The minimum atomic E-state index is 0.186. The maximum absolute atomic E-state index is 5.90. The molecule has 0 aliphatic heterocycles. The third-order valence-corrected chi connectivity index (χ3v) is 5.18. The summed E-state index contributed by atoms with van der Waals surface area (Å²) in [6, 6.07) is 6.16. The number of anilines is 1. The molecule has 1 aliphatic rings. The summed E-state index contributed by atoms with van der Waals surface area (Å²) in [6.07, 6.45) is 0. The summed E-state index contributed by atoms with van der Waals surface area (Å²) in [5, 5.41) is 12.3. The molecule has 0 amide bonds. The molecule has 0 saturated heterocycles. The van der Waals surface area contributed by atoms with Gasteiger partial charge in [-0.1, -0.05) is 33.8 Å². The fraction of sp³-hybridized carbons (Fsp3) is 0.533. The van der Waals surface area contributed by atoms with Gasteiger partial charge in [0.1, 0.15) is 0 Å². The van der Waals surface area contributed by atoms with Gasteiger partial charge in [-0.15, -0.1) is 5.10 Å². The minimum Gasteiger partial charge on any atom is -0.399 e. The van der Waals surface area contributed by atoms with Crippen LogP contribution in [0, 0.1) is 17.8 Å². The summed E-state index contributed by atoms with van der Waals surface area (Å²) < 4.78 is 1.96. The molecule has 1 aliphatic carbocycles. The van der Waals surface area contributed by atoms with Crippen molar-refractivity contribution in [1.82, 2.24) is 20.2 Å². The zero-order chi connectivity index (χ0) is 14.7.